The third-order valence-electron chi connectivity index (χ3n) is 4.46. The van der Waals surface area contributed by atoms with E-state index in [0.717, 1.165) is 6.07 Å². The van der Waals surface area contributed by atoms with E-state index in [9.17, 15) is 19.3 Å². The number of nitro benzene ring substituents is 1. The maximum Gasteiger partial charge on any atom is 0.292 e. The molecule has 0 saturated carbocycles. The highest BCUT2D eigenvalue weighted by Gasteiger charge is 2.27. The molecule has 1 aliphatic heterocycles. The Kier molecular flexibility index (Phi) is 5.54. The lowest BCUT2D eigenvalue weighted by Gasteiger charge is -2.36. The second kappa shape index (κ2) is 8.03. The molecule has 8 heteroatoms. The number of halogens is 1. The van der Waals surface area contributed by atoms with Gasteiger partial charge in [-0.15, -0.1) is 0 Å². The number of carbonyl (C=O) groups excluding carboxylic acids is 1. The average Bonchev–Trinajstić information content (AvgIpc) is 2.68. The first-order chi connectivity index (χ1) is 13.0. The number of amides is 1. The number of anilines is 1. The van der Waals surface area contributed by atoms with Crippen LogP contribution in [-0.4, -0.2) is 48.5 Å². The van der Waals surface area contributed by atoms with E-state index in [1.807, 2.05) is 13.0 Å². The average molecular weight is 373 g/mol. The molecule has 0 bridgehead atoms. The number of hydrogen-bond donors (Lipinski definition) is 0. The standard InChI is InChI=1S/C19H20FN3O4/c1-2-27-18-6-4-3-5-15(18)19(24)22-11-9-21(10-12-22)17-13-14(20)7-8-16(17)23(25)26/h3-8,13H,2,9-12H2,1H3. The molecule has 1 heterocycles. The molecule has 1 aliphatic rings. The predicted molar refractivity (Wildman–Crippen MR) is 98.8 cm³/mol. The summed E-state index contributed by atoms with van der Waals surface area (Å²) in [5.41, 5.74) is 0.587. The molecule has 1 amide bonds. The minimum absolute atomic E-state index is 0.141. The summed E-state index contributed by atoms with van der Waals surface area (Å²) in [6.07, 6.45) is 0. The number of nitrogens with zero attached hydrogens (tertiary/aromatic N) is 3. The van der Waals surface area contributed by atoms with Crippen molar-refractivity contribution >= 4 is 17.3 Å². The van der Waals surface area contributed by atoms with E-state index in [1.54, 1.807) is 28.0 Å². The first kappa shape index (κ1) is 18.6. The van der Waals surface area contributed by atoms with Crippen LogP contribution in [0.4, 0.5) is 15.8 Å². The van der Waals surface area contributed by atoms with Crippen molar-refractivity contribution in [2.75, 3.05) is 37.7 Å². The van der Waals surface area contributed by atoms with Crippen LogP contribution in [0.3, 0.4) is 0 Å². The number of piperazine rings is 1. The quantitative estimate of drug-likeness (QED) is 0.595. The lowest BCUT2D eigenvalue weighted by Crippen LogP contribution is -2.49. The van der Waals surface area contributed by atoms with Crippen LogP contribution >= 0.6 is 0 Å². The van der Waals surface area contributed by atoms with Crippen molar-refractivity contribution in [3.8, 4) is 5.75 Å². The maximum absolute atomic E-state index is 13.6. The smallest absolute Gasteiger partial charge is 0.292 e. The minimum Gasteiger partial charge on any atom is -0.493 e. The number of hydrogen-bond acceptors (Lipinski definition) is 5. The SMILES string of the molecule is CCOc1ccccc1C(=O)N1CCN(c2cc(F)ccc2[N+](=O)[O-])CC1. The molecule has 0 atom stereocenters. The van der Waals surface area contributed by atoms with Crippen molar-refractivity contribution in [2.24, 2.45) is 0 Å². The highest BCUT2D eigenvalue weighted by atomic mass is 19.1. The first-order valence-corrected chi connectivity index (χ1v) is 8.71. The Labute approximate surface area is 156 Å². The van der Waals surface area contributed by atoms with Crippen LogP contribution < -0.4 is 9.64 Å². The Morgan fingerprint density at radius 3 is 2.56 bits per heavy atom. The molecule has 142 valence electrons. The van der Waals surface area contributed by atoms with E-state index in [1.165, 1.54) is 12.1 Å². The molecule has 1 saturated heterocycles. The van der Waals surface area contributed by atoms with Gasteiger partial charge in [-0.2, -0.15) is 0 Å². The van der Waals surface area contributed by atoms with Crippen LogP contribution in [0.5, 0.6) is 5.75 Å². The molecule has 0 radical (unpaired) electrons. The summed E-state index contributed by atoms with van der Waals surface area (Å²) >= 11 is 0. The molecule has 2 aromatic carbocycles. The van der Waals surface area contributed by atoms with Gasteiger partial charge in [-0.3, -0.25) is 14.9 Å². The van der Waals surface area contributed by atoms with Gasteiger partial charge in [-0.1, -0.05) is 12.1 Å². The monoisotopic (exact) mass is 373 g/mol. The highest BCUT2D eigenvalue weighted by molar-refractivity contribution is 5.97. The van der Waals surface area contributed by atoms with Gasteiger partial charge in [0.15, 0.2) is 0 Å². The first-order valence-electron chi connectivity index (χ1n) is 8.71. The summed E-state index contributed by atoms with van der Waals surface area (Å²) in [4.78, 5) is 26.9. The zero-order valence-electron chi connectivity index (χ0n) is 14.9. The van der Waals surface area contributed by atoms with Crippen LogP contribution in [0.2, 0.25) is 0 Å². The van der Waals surface area contributed by atoms with Gasteiger partial charge in [0.2, 0.25) is 0 Å². The number of nitro groups is 1. The number of rotatable bonds is 5. The van der Waals surface area contributed by atoms with Crippen molar-refractivity contribution in [3.05, 3.63) is 64.0 Å². The number of para-hydroxylation sites is 1. The summed E-state index contributed by atoms with van der Waals surface area (Å²) in [5, 5.41) is 11.2. The van der Waals surface area contributed by atoms with Gasteiger partial charge < -0.3 is 14.5 Å². The molecular formula is C19H20FN3O4. The second-order valence-corrected chi connectivity index (χ2v) is 6.10. The van der Waals surface area contributed by atoms with E-state index < -0.39 is 10.7 Å². The maximum atomic E-state index is 13.6. The third-order valence-corrected chi connectivity index (χ3v) is 4.46. The van der Waals surface area contributed by atoms with Crippen LogP contribution in [0.15, 0.2) is 42.5 Å². The van der Waals surface area contributed by atoms with Gasteiger partial charge in [0, 0.05) is 38.3 Å². The molecule has 0 N–H and O–H groups in total. The van der Waals surface area contributed by atoms with E-state index >= 15 is 0 Å². The predicted octanol–water partition coefficient (Wildman–Crippen LogP) is 3.10. The molecule has 0 spiro atoms. The van der Waals surface area contributed by atoms with Gasteiger partial charge in [0.1, 0.15) is 17.3 Å². The lowest BCUT2D eigenvalue weighted by atomic mass is 10.1. The van der Waals surface area contributed by atoms with E-state index in [0.29, 0.717) is 44.1 Å². The summed E-state index contributed by atoms with van der Waals surface area (Å²) in [6.45, 7) is 3.84. The number of benzene rings is 2. The highest BCUT2D eigenvalue weighted by Crippen LogP contribution is 2.30. The van der Waals surface area contributed by atoms with Gasteiger partial charge in [-0.05, 0) is 25.1 Å². The lowest BCUT2D eigenvalue weighted by molar-refractivity contribution is -0.384. The summed E-state index contributed by atoms with van der Waals surface area (Å²) < 4.78 is 19.1. The molecule has 2 aromatic rings. The second-order valence-electron chi connectivity index (χ2n) is 6.10. The normalized spacial score (nSPS) is 14.1. The molecule has 0 aliphatic carbocycles. The Morgan fingerprint density at radius 1 is 1.19 bits per heavy atom. The Morgan fingerprint density at radius 2 is 1.89 bits per heavy atom. The van der Waals surface area contributed by atoms with Gasteiger partial charge in [0.25, 0.3) is 11.6 Å². The van der Waals surface area contributed by atoms with Crippen molar-refractivity contribution < 1.29 is 18.8 Å². The number of ether oxygens (including phenoxy) is 1. The summed E-state index contributed by atoms with van der Waals surface area (Å²) in [6, 6.07) is 10.5. The summed E-state index contributed by atoms with van der Waals surface area (Å²) in [7, 11) is 0. The van der Waals surface area contributed by atoms with Gasteiger partial charge >= 0.3 is 0 Å². The van der Waals surface area contributed by atoms with Crippen LogP contribution in [-0.2, 0) is 0 Å². The van der Waals surface area contributed by atoms with Gasteiger partial charge in [0.05, 0.1) is 17.1 Å². The molecule has 27 heavy (non-hydrogen) atoms. The molecule has 3 rings (SSSR count). The largest absolute Gasteiger partial charge is 0.493 e. The molecule has 1 fully saturated rings. The van der Waals surface area contributed by atoms with E-state index in [-0.39, 0.29) is 17.3 Å². The van der Waals surface area contributed by atoms with Crippen LogP contribution in [0, 0.1) is 15.9 Å². The zero-order valence-corrected chi connectivity index (χ0v) is 14.9. The fourth-order valence-electron chi connectivity index (χ4n) is 3.15. The third kappa shape index (κ3) is 3.99. The van der Waals surface area contributed by atoms with Gasteiger partial charge in [-0.25, -0.2) is 4.39 Å². The molecule has 7 nitrogen and oxygen atoms in total. The fraction of sp³-hybridized carbons (Fsp3) is 0.316. The van der Waals surface area contributed by atoms with Crippen LogP contribution in [0.25, 0.3) is 0 Å². The summed E-state index contributed by atoms with van der Waals surface area (Å²) in [5.74, 6) is -0.139. The van der Waals surface area contributed by atoms with Crippen LogP contribution in [0.1, 0.15) is 17.3 Å². The fourth-order valence-corrected chi connectivity index (χ4v) is 3.15. The van der Waals surface area contributed by atoms with Crippen molar-refractivity contribution in [2.45, 2.75) is 6.92 Å². The van der Waals surface area contributed by atoms with E-state index in [4.69, 9.17) is 4.74 Å². The topological polar surface area (TPSA) is 75.9 Å². The Bertz CT molecular complexity index is 851. The minimum atomic E-state index is -0.528. The van der Waals surface area contributed by atoms with Crippen molar-refractivity contribution in [3.63, 3.8) is 0 Å². The molecule has 0 unspecified atom stereocenters. The van der Waals surface area contributed by atoms with Crippen molar-refractivity contribution in [1.82, 2.24) is 4.90 Å². The Hall–Kier alpha value is -3.16. The zero-order chi connectivity index (χ0) is 19.4. The van der Waals surface area contributed by atoms with E-state index in [2.05, 4.69) is 0 Å². The molecular weight excluding hydrogens is 353 g/mol. The van der Waals surface area contributed by atoms with Crippen molar-refractivity contribution in [1.29, 1.82) is 0 Å². The number of carbonyl (C=O) groups is 1. The Balaban J connectivity index is 1.74. The molecule has 0 aromatic heterocycles.